The van der Waals surface area contributed by atoms with E-state index in [0.29, 0.717) is 41.5 Å². The Morgan fingerprint density at radius 2 is 1.79 bits per heavy atom. The number of rotatable bonds is 8. The van der Waals surface area contributed by atoms with Gasteiger partial charge in [-0.05, 0) is 55.1 Å². The number of likely N-dealkylation sites (tertiary alicyclic amines) is 1. The van der Waals surface area contributed by atoms with Crippen LogP contribution in [0.4, 0.5) is 8.78 Å². The van der Waals surface area contributed by atoms with Crippen molar-refractivity contribution in [2.45, 2.75) is 84.0 Å². The van der Waals surface area contributed by atoms with Gasteiger partial charge in [0.05, 0.1) is 25.1 Å². The summed E-state index contributed by atoms with van der Waals surface area (Å²) in [6.07, 6.45) is 3.23. The molecule has 1 saturated carbocycles. The summed E-state index contributed by atoms with van der Waals surface area (Å²) in [5, 5.41) is 11.9. The Hall–Kier alpha value is -2.46. The zero-order valence-corrected chi connectivity index (χ0v) is 23.8. The smallest absolute Gasteiger partial charge is 0.352 e. The van der Waals surface area contributed by atoms with Crippen molar-refractivity contribution in [2.75, 3.05) is 20.8 Å². The largest absolute Gasteiger partial charge is 0.493 e. The van der Waals surface area contributed by atoms with E-state index in [9.17, 15) is 9.90 Å². The number of carbonyl (C=O) groups is 1. The van der Waals surface area contributed by atoms with Gasteiger partial charge >= 0.3 is 5.92 Å². The summed E-state index contributed by atoms with van der Waals surface area (Å²) in [7, 11) is 3.10. The molecular formula is C28H38F2N2O5S. The quantitative estimate of drug-likeness (QED) is 0.432. The predicted octanol–water partition coefficient (Wildman–Crippen LogP) is 6.01. The topological polar surface area (TPSA) is 81.1 Å². The van der Waals surface area contributed by atoms with E-state index in [2.05, 4.69) is 4.98 Å². The molecule has 1 aromatic heterocycles. The highest BCUT2D eigenvalue weighted by atomic mass is 32.1. The van der Waals surface area contributed by atoms with Gasteiger partial charge in [0.25, 0.3) is 5.91 Å². The molecule has 7 nitrogen and oxygen atoms in total. The van der Waals surface area contributed by atoms with Gasteiger partial charge in [0, 0.05) is 18.8 Å². The van der Waals surface area contributed by atoms with Gasteiger partial charge in [-0.2, -0.15) is 8.78 Å². The Labute approximate surface area is 227 Å². The zero-order chi connectivity index (χ0) is 27.9. The molecule has 10 heteroatoms. The number of hydrogen-bond donors (Lipinski definition) is 1. The number of aromatic nitrogens is 1. The van der Waals surface area contributed by atoms with Crippen LogP contribution in [0.5, 0.6) is 17.2 Å². The Morgan fingerprint density at radius 1 is 1.13 bits per heavy atom. The average molecular weight is 553 g/mol. The molecular weight excluding hydrogens is 514 g/mol. The molecule has 1 amide bonds. The van der Waals surface area contributed by atoms with Crippen molar-refractivity contribution < 1.29 is 32.9 Å². The van der Waals surface area contributed by atoms with Crippen LogP contribution in [0, 0.1) is 10.8 Å². The number of thiazole rings is 1. The molecule has 38 heavy (non-hydrogen) atoms. The highest BCUT2D eigenvalue weighted by Crippen LogP contribution is 2.55. The number of carbonyl (C=O) groups excluding carboxylic acids is 1. The summed E-state index contributed by atoms with van der Waals surface area (Å²) >= 11 is 1.34. The van der Waals surface area contributed by atoms with Crippen molar-refractivity contribution in [3.05, 3.63) is 34.3 Å². The standard InChI is InChI=1S/C28H38F2N2O5S/c1-25(2)15-26(3,4)17-27(34,16-25)28(29,30)24(33)32-11-7-8-20(32)23-31-13-19(38-23)14-37-18-9-10-21(35-5)22(12-18)36-6/h9-10,12-13,20,34H,7-8,11,14-17H2,1-6H3. The molecule has 0 spiro atoms. The third-order valence-corrected chi connectivity index (χ3v) is 8.53. The summed E-state index contributed by atoms with van der Waals surface area (Å²) < 4.78 is 48.1. The number of alkyl halides is 2. The lowest BCUT2D eigenvalue weighted by atomic mass is 9.58. The summed E-state index contributed by atoms with van der Waals surface area (Å²) in [6, 6.07) is 4.68. The Morgan fingerprint density at radius 3 is 2.42 bits per heavy atom. The van der Waals surface area contributed by atoms with Crippen LogP contribution in [0.25, 0.3) is 0 Å². The maximum atomic E-state index is 15.8. The van der Waals surface area contributed by atoms with E-state index in [4.69, 9.17) is 14.2 Å². The maximum Gasteiger partial charge on any atom is 0.352 e. The summed E-state index contributed by atoms with van der Waals surface area (Å²) in [4.78, 5) is 19.8. The van der Waals surface area contributed by atoms with Crippen LogP contribution in [0.15, 0.2) is 24.4 Å². The van der Waals surface area contributed by atoms with Crippen LogP contribution >= 0.6 is 11.3 Å². The molecule has 2 fully saturated rings. The lowest BCUT2D eigenvalue weighted by Crippen LogP contribution is -2.62. The van der Waals surface area contributed by atoms with E-state index in [1.54, 1.807) is 38.6 Å². The first-order valence-corrected chi connectivity index (χ1v) is 13.7. The first-order chi connectivity index (χ1) is 17.7. The normalized spacial score (nSPS) is 22.2. The third-order valence-electron chi connectivity index (χ3n) is 7.46. The van der Waals surface area contributed by atoms with E-state index < -0.39 is 34.3 Å². The van der Waals surface area contributed by atoms with Gasteiger partial charge in [-0.25, -0.2) is 4.98 Å². The molecule has 1 N–H and O–H groups in total. The first-order valence-electron chi connectivity index (χ1n) is 12.9. The minimum absolute atomic E-state index is 0.129. The number of methoxy groups -OCH3 is 2. The summed E-state index contributed by atoms with van der Waals surface area (Å²) in [6.45, 7) is 7.93. The zero-order valence-electron chi connectivity index (χ0n) is 23.0. The fraction of sp³-hybridized carbons (Fsp3) is 0.643. The monoisotopic (exact) mass is 552 g/mol. The van der Waals surface area contributed by atoms with Crippen molar-refractivity contribution in [1.82, 2.24) is 9.88 Å². The van der Waals surface area contributed by atoms with Crippen LogP contribution in [0.1, 0.15) is 75.7 Å². The molecule has 1 aromatic carbocycles. The van der Waals surface area contributed by atoms with Crippen molar-refractivity contribution in [2.24, 2.45) is 10.8 Å². The van der Waals surface area contributed by atoms with Crippen LogP contribution in [0.3, 0.4) is 0 Å². The molecule has 4 rings (SSSR count). The van der Waals surface area contributed by atoms with Gasteiger partial charge in [0.2, 0.25) is 0 Å². The number of ether oxygens (including phenoxy) is 3. The van der Waals surface area contributed by atoms with E-state index in [1.807, 2.05) is 27.7 Å². The van der Waals surface area contributed by atoms with E-state index >= 15 is 8.78 Å². The molecule has 2 aromatic rings. The fourth-order valence-electron chi connectivity index (χ4n) is 6.54. The molecule has 0 radical (unpaired) electrons. The number of aliphatic hydroxyl groups is 1. The van der Waals surface area contributed by atoms with Gasteiger partial charge in [0.15, 0.2) is 11.5 Å². The van der Waals surface area contributed by atoms with Crippen molar-refractivity contribution in [1.29, 1.82) is 0 Å². The highest BCUT2D eigenvalue weighted by molar-refractivity contribution is 7.11. The van der Waals surface area contributed by atoms with Crippen LogP contribution in [-0.4, -0.2) is 53.2 Å². The van der Waals surface area contributed by atoms with Crippen molar-refractivity contribution in [3.8, 4) is 17.2 Å². The van der Waals surface area contributed by atoms with E-state index in [1.165, 1.54) is 16.2 Å². The second-order valence-electron chi connectivity index (χ2n) is 12.1. The molecule has 210 valence electrons. The average Bonchev–Trinajstić information content (AvgIpc) is 3.49. The molecule has 1 aliphatic heterocycles. The second-order valence-corrected chi connectivity index (χ2v) is 13.2. The molecule has 1 aliphatic carbocycles. The molecule has 2 heterocycles. The SMILES string of the molecule is COc1ccc(OCc2cnc(C3CCCN3C(=O)C(F)(F)C3(O)CC(C)(C)CC(C)(C)C3)s2)cc1OC. The van der Waals surface area contributed by atoms with Crippen molar-refractivity contribution in [3.63, 3.8) is 0 Å². The van der Waals surface area contributed by atoms with Crippen LogP contribution in [-0.2, 0) is 11.4 Å². The minimum Gasteiger partial charge on any atom is -0.493 e. The van der Waals surface area contributed by atoms with Gasteiger partial charge in [0.1, 0.15) is 23.0 Å². The van der Waals surface area contributed by atoms with Crippen LogP contribution < -0.4 is 14.2 Å². The minimum atomic E-state index is -3.90. The number of halogens is 2. The van der Waals surface area contributed by atoms with Gasteiger partial charge < -0.3 is 24.2 Å². The Bertz CT molecular complexity index is 1150. The van der Waals surface area contributed by atoms with Crippen molar-refractivity contribution >= 4 is 17.2 Å². The van der Waals surface area contributed by atoms with E-state index in [0.717, 1.165) is 4.88 Å². The Balaban J connectivity index is 1.48. The Kier molecular flexibility index (Phi) is 7.71. The first kappa shape index (κ1) is 28.5. The molecule has 1 atom stereocenters. The molecule has 1 unspecified atom stereocenters. The fourth-order valence-corrected chi connectivity index (χ4v) is 7.52. The molecule has 0 bridgehead atoms. The molecule has 2 aliphatic rings. The lowest BCUT2D eigenvalue weighted by molar-refractivity contribution is -0.231. The number of hydrogen-bond acceptors (Lipinski definition) is 7. The van der Waals surface area contributed by atoms with E-state index in [-0.39, 0.29) is 26.0 Å². The van der Waals surface area contributed by atoms with Gasteiger partial charge in [-0.3, -0.25) is 4.79 Å². The summed E-state index contributed by atoms with van der Waals surface area (Å²) in [5.74, 6) is -3.49. The number of nitrogens with zero attached hydrogens (tertiary/aromatic N) is 2. The highest BCUT2D eigenvalue weighted by Gasteiger charge is 2.65. The number of amides is 1. The lowest BCUT2D eigenvalue weighted by Gasteiger charge is -2.51. The third kappa shape index (κ3) is 5.61. The maximum absolute atomic E-state index is 15.8. The summed E-state index contributed by atoms with van der Waals surface area (Å²) in [5.41, 5.74) is -3.42. The van der Waals surface area contributed by atoms with Gasteiger partial charge in [-0.1, -0.05) is 27.7 Å². The van der Waals surface area contributed by atoms with Crippen LogP contribution in [0.2, 0.25) is 0 Å². The van der Waals surface area contributed by atoms with Gasteiger partial charge in [-0.15, -0.1) is 11.3 Å². The predicted molar refractivity (Wildman–Crippen MR) is 141 cm³/mol. The molecule has 1 saturated heterocycles. The number of benzene rings is 1. The second kappa shape index (κ2) is 10.3.